The molecule has 0 radical (unpaired) electrons. The first kappa shape index (κ1) is 19.1. The first-order valence-corrected chi connectivity index (χ1v) is 9.04. The second-order valence-corrected chi connectivity index (χ2v) is 6.93. The Morgan fingerprint density at radius 1 is 1.28 bits per heavy atom. The molecule has 2 rings (SSSR count). The monoisotopic (exact) mass is 346 g/mol. The zero-order chi connectivity index (χ0) is 18.4. The summed E-state index contributed by atoms with van der Waals surface area (Å²) in [6, 6.07) is 6.00. The Morgan fingerprint density at radius 3 is 2.72 bits per heavy atom. The number of nitrogens with zero attached hydrogens (tertiary/aromatic N) is 2. The molecule has 0 bridgehead atoms. The number of anilines is 2. The molecule has 0 aliphatic carbocycles. The quantitative estimate of drug-likeness (QED) is 0.861. The van der Waals surface area contributed by atoms with Gasteiger partial charge in [-0.25, -0.2) is 4.79 Å². The van der Waals surface area contributed by atoms with E-state index in [0.717, 1.165) is 42.7 Å². The number of amides is 3. The largest absolute Gasteiger partial charge is 0.383 e. The predicted molar refractivity (Wildman–Crippen MR) is 102 cm³/mol. The van der Waals surface area contributed by atoms with Crippen LogP contribution in [0, 0.1) is 12.8 Å². The molecule has 1 heterocycles. The van der Waals surface area contributed by atoms with Crippen molar-refractivity contribution in [1.82, 2.24) is 9.80 Å². The molecule has 6 nitrogen and oxygen atoms in total. The Hall–Kier alpha value is -2.24. The molecular weight excluding hydrogens is 316 g/mol. The number of hydrogen-bond acceptors (Lipinski definition) is 3. The molecule has 0 unspecified atom stereocenters. The molecule has 3 amide bonds. The summed E-state index contributed by atoms with van der Waals surface area (Å²) in [5.74, 6) is -0.182. The van der Waals surface area contributed by atoms with Gasteiger partial charge in [0.2, 0.25) is 5.91 Å². The molecule has 1 atom stereocenters. The molecule has 138 valence electrons. The van der Waals surface area contributed by atoms with Crippen LogP contribution >= 0.6 is 0 Å². The minimum absolute atomic E-state index is 0.0126. The van der Waals surface area contributed by atoms with Crippen molar-refractivity contribution in [2.75, 3.05) is 44.4 Å². The second kappa shape index (κ2) is 8.74. The zero-order valence-electron chi connectivity index (χ0n) is 15.8. The number of piperidine rings is 1. The molecule has 1 aliphatic heterocycles. The summed E-state index contributed by atoms with van der Waals surface area (Å²) in [6.07, 6.45) is 2.69. The SMILES string of the molecule is CCCNc1ccc(C)cc1NC(=O)[C@@H]1CCCN(C(=O)N(C)C)C1. The van der Waals surface area contributed by atoms with Gasteiger partial charge in [-0.15, -0.1) is 0 Å². The zero-order valence-corrected chi connectivity index (χ0v) is 15.8. The van der Waals surface area contributed by atoms with E-state index < -0.39 is 0 Å². The Kier molecular flexibility index (Phi) is 6.67. The van der Waals surface area contributed by atoms with Crippen LogP contribution in [-0.4, -0.2) is 55.5 Å². The van der Waals surface area contributed by atoms with E-state index >= 15 is 0 Å². The predicted octanol–water partition coefficient (Wildman–Crippen LogP) is 3.15. The number of benzene rings is 1. The lowest BCUT2D eigenvalue weighted by Gasteiger charge is -2.33. The highest BCUT2D eigenvalue weighted by Crippen LogP contribution is 2.25. The van der Waals surface area contributed by atoms with Gasteiger partial charge in [0.25, 0.3) is 0 Å². The Balaban J connectivity index is 2.06. The average Bonchev–Trinajstić information content (AvgIpc) is 2.60. The number of likely N-dealkylation sites (tertiary alicyclic amines) is 1. The van der Waals surface area contributed by atoms with Crippen molar-refractivity contribution in [3.05, 3.63) is 23.8 Å². The van der Waals surface area contributed by atoms with Crippen LogP contribution < -0.4 is 10.6 Å². The Labute approximate surface area is 150 Å². The van der Waals surface area contributed by atoms with E-state index in [2.05, 4.69) is 17.6 Å². The van der Waals surface area contributed by atoms with Crippen LogP contribution in [0.25, 0.3) is 0 Å². The average molecular weight is 346 g/mol. The summed E-state index contributed by atoms with van der Waals surface area (Å²) >= 11 is 0. The van der Waals surface area contributed by atoms with Crippen LogP contribution in [0.15, 0.2) is 18.2 Å². The standard InChI is InChI=1S/C19H30N4O2/c1-5-10-20-16-9-8-14(2)12-17(16)21-18(24)15-7-6-11-23(13-15)19(25)22(3)4/h8-9,12,15,20H,5-7,10-11,13H2,1-4H3,(H,21,24)/t15-/m1/s1. The maximum Gasteiger partial charge on any atom is 0.319 e. The number of aryl methyl sites for hydroxylation is 1. The molecule has 1 aliphatic rings. The van der Waals surface area contributed by atoms with Gasteiger partial charge in [0.15, 0.2) is 0 Å². The van der Waals surface area contributed by atoms with Gasteiger partial charge >= 0.3 is 6.03 Å². The van der Waals surface area contributed by atoms with E-state index in [1.807, 2.05) is 25.1 Å². The fourth-order valence-electron chi connectivity index (χ4n) is 3.06. The smallest absolute Gasteiger partial charge is 0.319 e. The summed E-state index contributed by atoms with van der Waals surface area (Å²) in [5, 5.41) is 6.42. The van der Waals surface area contributed by atoms with Crippen LogP contribution in [0.2, 0.25) is 0 Å². The van der Waals surface area contributed by atoms with Crippen molar-refractivity contribution in [1.29, 1.82) is 0 Å². The Morgan fingerprint density at radius 2 is 2.04 bits per heavy atom. The van der Waals surface area contributed by atoms with Crippen molar-refractivity contribution < 1.29 is 9.59 Å². The fourth-order valence-corrected chi connectivity index (χ4v) is 3.06. The first-order chi connectivity index (χ1) is 11.9. The summed E-state index contributed by atoms with van der Waals surface area (Å²) in [4.78, 5) is 28.2. The van der Waals surface area contributed by atoms with Crippen molar-refractivity contribution in [2.45, 2.75) is 33.1 Å². The third kappa shape index (κ3) is 5.11. The summed E-state index contributed by atoms with van der Waals surface area (Å²) in [5.41, 5.74) is 2.86. The molecule has 0 spiro atoms. The third-order valence-electron chi connectivity index (χ3n) is 4.44. The van der Waals surface area contributed by atoms with Crippen LogP contribution in [0.4, 0.5) is 16.2 Å². The van der Waals surface area contributed by atoms with Crippen LogP contribution in [0.3, 0.4) is 0 Å². The van der Waals surface area contributed by atoms with E-state index in [4.69, 9.17) is 0 Å². The van der Waals surface area contributed by atoms with Gasteiger partial charge in [0.05, 0.1) is 17.3 Å². The normalized spacial score (nSPS) is 17.1. The van der Waals surface area contributed by atoms with Gasteiger partial charge in [-0.1, -0.05) is 13.0 Å². The minimum Gasteiger partial charge on any atom is -0.383 e. The van der Waals surface area contributed by atoms with Gasteiger partial charge in [0.1, 0.15) is 0 Å². The van der Waals surface area contributed by atoms with E-state index in [1.165, 1.54) is 0 Å². The number of nitrogens with one attached hydrogen (secondary N) is 2. The van der Waals surface area contributed by atoms with Crippen molar-refractivity contribution in [2.24, 2.45) is 5.92 Å². The lowest BCUT2D eigenvalue weighted by atomic mass is 9.97. The third-order valence-corrected chi connectivity index (χ3v) is 4.44. The molecule has 6 heteroatoms. The van der Waals surface area contributed by atoms with E-state index in [9.17, 15) is 9.59 Å². The van der Waals surface area contributed by atoms with Gasteiger partial charge < -0.3 is 20.4 Å². The van der Waals surface area contributed by atoms with Gasteiger partial charge in [-0.2, -0.15) is 0 Å². The van der Waals surface area contributed by atoms with E-state index in [0.29, 0.717) is 13.1 Å². The van der Waals surface area contributed by atoms with Crippen LogP contribution in [-0.2, 0) is 4.79 Å². The van der Waals surface area contributed by atoms with Gasteiger partial charge in [-0.3, -0.25) is 4.79 Å². The van der Waals surface area contributed by atoms with Crippen molar-refractivity contribution >= 4 is 23.3 Å². The number of carbonyl (C=O) groups excluding carboxylic acids is 2. The summed E-state index contributed by atoms with van der Waals surface area (Å²) < 4.78 is 0. The van der Waals surface area contributed by atoms with E-state index in [-0.39, 0.29) is 17.9 Å². The molecule has 0 saturated carbocycles. The highest BCUT2D eigenvalue weighted by molar-refractivity contribution is 5.96. The number of rotatable bonds is 5. The highest BCUT2D eigenvalue weighted by atomic mass is 16.2. The summed E-state index contributed by atoms with van der Waals surface area (Å²) in [7, 11) is 3.48. The summed E-state index contributed by atoms with van der Waals surface area (Å²) in [6.45, 7) is 6.18. The molecule has 2 N–H and O–H groups in total. The fraction of sp³-hybridized carbons (Fsp3) is 0.579. The lowest BCUT2D eigenvalue weighted by Crippen LogP contribution is -2.47. The molecular formula is C19H30N4O2. The molecule has 1 saturated heterocycles. The maximum absolute atomic E-state index is 12.8. The molecule has 1 aromatic carbocycles. The van der Waals surface area contributed by atoms with Crippen LogP contribution in [0.5, 0.6) is 0 Å². The Bertz CT molecular complexity index is 615. The lowest BCUT2D eigenvalue weighted by molar-refractivity contribution is -0.121. The van der Waals surface area contributed by atoms with Gasteiger partial charge in [0, 0.05) is 33.7 Å². The minimum atomic E-state index is -0.169. The highest BCUT2D eigenvalue weighted by Gasteiger charge is 2.29. The van der Waals surface area contributed by atoms with E-state index in [1.54, 1.807) is 23.9 Å². The number of urea groups is 1. The number of carbonyl (C=O) groups is 2. The number of hydrogen-bond donors (Lipinski definition) is 2. The second-order valence-electron chi connectivity index (χ2n) is 6.93. The van der Waals surface area contributed by atoms with Crippen molar-refractivity contribution in [3.8, 4) is 0 Å². The van der Waals surface area contributed by atoms with Crippen molar-refractivity contribution in [3.63, 3.8) is 0 Å². The molecule has 25 heavy (non-hydrogen) atoms. The van der Waals surface area contributed by atoms with Gasteiger partial charge in [-0.05, 0) is 43.9 Å². The van der Waals surface area contributed by atoms with Crippen LogP contribution in [0.1, 0.15) is 31.7 Å². The maximum atomic E-state index is 12.8. The topological polar surface area (TPSA) is 64.7 Å². The molecule has 1 fully saturated rings. The molecule has 0 aromatic heterocycles. The first-order valence-electron chi connectivity index (χ1n) is 9.04. The molecule has 1 aromatic rings.